The van der Waals surface area contributed by atoms with Gasteiger partial charge in [-0.2, -0.15) is 13.2 Å². The molecule has 1 aromatic rings. The SMILES string of the molecule is Fc1cncc(CN(CCCl)CC(F)(F)F)c1. The fraction of sp³-hybridized carbons (Fsp3) is 0.500. The molecule has 1 rings (SSSR count). The van der Waals surface area contributed by atoms with Gasteiger partial charge in [-0.1, -0.05) is 0 Å². The first-order valence-electron chi connectivity index (χ1n) is 4.85. The van der Waals surface area contributed by atoms with Crippen molar-refractivity contribution in [2.45, 2.75) is 12.7 Å². The van der Waals surface area contributed by atoms with Crippen LogP contribution in [0, 0.1) is 5.82 Å². The van der Waals surface area contributed by atoms with Gasteiger partial charge in [0.15, 0.2) is 0 Å². The van der Waals surface area contributed by atoms with Crippen LogP contribution in [0.1, 0.15) is 5.56 Å². The first kappa shape index (κ1) is 14.2. The van der Waals surface area contributed by atoms with Gasteiger partial charge >= 0.3 is 6.18 Å². The molecule has 0 bridgehead atoms. The maximum atomic E-state index is 12.8. The topological polar surface area (TPSA) is 16.1 Å². The van der Waals surface area contributed by atoms with Gasteiger partial charge in [0.1, 0.15) is 5.82 Å². The van der Waals surface area contributed by atoms with Crippen molar-refractivity contribution in [3.8, 4) is 0 Å². The zero-order chi connectivity index (χ0) is 12.9. The van der Waals surface area contributed by atoms with Gasteiger partial charge < -0.3 is 0 Å². The van der Waals surface area contributed by atoms with E-state index < -0.39 is 18.5 Å². The summed E-state index contributed by atoms with van der Waals surface area (Å²) in [6.07, 6.45) is -1.97. The lowest BCUT2D eigenvalue weighted by Crippen LogP contribution is -2.35. The van der Waals surface area contributed by atoms with Crippen LogP contribution in [0.15, 0.2) is 18.5 Å². The first-order chi connectivity index (χ1) is 7.90. The number of halogens is 5. The second-order valence-corrected chi connectivity index (χ2v) is 3.90. The maximum Gasteiger partial charge on any atom is 0.401 e. The number of hydrogen-bond acceptors (Lipinski definition) is 2. The molecule has 0 aliphatic carbocycles. The van der Waals surface area contributed by atoms with Gasteiger partial charge in [0, 0.05) is 25.2 Å². The summed E-state index contributed by atoms with van der Waals surface area (Å²) in [4.78, 5) is 4.68. The Morgan fingerprint density at radius 1 is 1.29 bits per heavy atom. The highest BCUT2D eigenvalue weighted by atomic mass is 35.5. The van der Waals surface area contributed by atoms with Crippen molar-refractivity contribution in [2.75, 3.05) is 19.0 Å². The Hall–Kier alpha value is -0.880. The van der Waals surface area contributed by atoms with Crippen molar-refractivity contribution in [3.63, 3.8) is 0 Å². The molecule has 17 heavy (non-hydrogen) atoms. The molecule has 0 saturated heterocycles. The predicted octanol–water partition coefficient (Wildman–Crippen LogP) is 2.82. The molecule has 0 aliphatic rings. The minimum absolute atomic E-state index is 0.0308. The van der Waals surface area contributed by atoms with Gasteiger partial charge in [0.05, 0.1) is 12.7 Å². The largest absolute Gasteiger partial charge is 0.401 e. The van der Waals surface area contributed by atoms with E-state index in [2.05, 4.69) is 4.98 Å². The third-order valence-corrected chi connectivity index (χ3v) is 2.14. The Morgan fingerprint density at radius 3 is 2.53 bits per heavy atom. The molecule has 0 aromatic carbocycles. The number of rotatable bonds is 5. The van der Waals surface area contributed by atoms with E-state index >= 15 is 0 Å². The van der Waals surface area contributed by atoms with E-state index in [1.165, 1.54) is 6.20 Å². The monoisotopic (exact) mass is 270 g/mol. The van der Waals surface area contributed by atoms with Crippen LogP contribution in [0.4, 0.5) is 17.6 Å². The van der Waals surface area contributed by atoms with Crippen molar-refractivity contribution < 1.29 is 17.6 Å². The molecule has 0 unspecified atom stereocenters. The second kappa shape index (κ2) is 6.16. The summed E-state index contributed by atoms with van der Waals surface area (Å²) in [5, 5.41) is 0. The average Bonchev–Trinajstić information content (AvgIpc) is 2.15. The highest BCUT2D eigenvalue weighted by Crippen LogP contribution is 2.18. The zero-order valence-electron chi connectivity index (χ0n) is 8.84. The van der Waals surface area contributed by atoms with Crippen molar-refractivity contribution in [1.29, 1.82) is 0 Å². The van der Waals surface area contributed by atoms with Crippen molar-refractivity contribution in [1.82, 2.24) is 9.88 Å². The van der Waals surface area contributed by atoms with E-state index in [1.807, 2.05) is 0 Å². The summed E-state index contributed by atoms with van der Waals surface area (Å²) < 4.78 is 49.5. The van der Waals surface area contributed by atoms with Gasteiger partial charge in [0.2, 0.25) is 0 Å². The molecule has 96 valence electrons. The highest BCUT2D eigenvalue weighted by Gasteiger charge is 2.30. The molecule has 0 N–H and O–H groups in total. The van der Waals surface area contributed by atoms with Crippen LogP contribution in [-0.4, -0.2) is 35.0 Å². The fourth-order valence-corrected chi connectivity index (χ4v) is 1.63. The minimum atomic E-state index is -4.30. The molecule has 1 heterocycles. The second-order valence-electron chi connectivity index (χ2n) is 3.53. The van der Waals surface area contributed by atoms with Crippen LogP contribution in [0.2, 0.25) is 0 Å². The molecular formula is C10H11ClF4N2. The summed E-state index contributed by atoms with van der Waals surface area (Å²) in [6, 6.07) is 1.16. The molecule has 0 aliphatic heterocycles. The number of aromatic nitrogens is 1. The van der Waals surface area contributed by atoms with Crippen LogP contribution in [0.25, 0.3) is 0 Å². The molecule has 1 aromatic heterocycles. The number of pyridine rings is 1. The standard InChI is InChI=1S/C10H11ClF4N2/c11-1-2-17(7-10(13,14)15)6-8-3-9(12)5-16-4-8/h3-5H,1-2,6-7H2. The number of hydrogen-bond donors (Lipinski definition) is 0. The van der Waals surface area contributed by atoms with E-state index in [4.69, 9.17) is 11.6 Å². The molecule has 7 heteroatoms. The Kier molecular flexibility index (Phi) is 5.14. The third-order valence-electron chi connectivity index (χ3n) is 1.97. The molecule has 0 spiro atoms. The summed E-state index contributed by atoms with van der Waals surface area (Å²) in [5.41, 5.74) is 0.388. The average molecular weight is 271 g/mol. The van der Waals surface area contributed by atoms with Gasteiger partial charge in [0.25, 0.3) is 0 Å². The molecule has 2 nitrogen and oxygen atoms in total. The fourth-order valence-electron chi connectivity index (χ4n) is 1.39. The third kappa shape index (κ3) is 5.83. The number of alkyl halides is 4. The molecule has 0 radical (unpaired) electrons. The lowest BCUT2D eigenvalue weighted by atomic mass is 10.2. The Bertz CT molecular complexity index is 356. The van der Waals surface area contributed by atoms with Crippen molar-refractivity contribution in [2.24, 2.45) is 0 Å². The lowest BCUT2D eigenvalue weighted by molar-refractivity contribution is -0.146. The molecule has 0 atom stereocenters. The van der Waals surface area contributed by atoms with E-state index in [-0.39, 0.29) is 19.0 Å². The summed E-state index contributed by atoms with van der Waals surface area (Å²) >= 11 is 5.42. The Balaban J connectivity index is 2.66. The molecule has 0 fully saturated rings. The summed E-state index contributed by atoms with van der Waals surface area (Å²) in [7, 11) is 0. The summed E-state index contributed by atoms with van der Waals surface area (Å²) in [6.45, 7) is -1.02. The Labute approximate surface area is 101 Å². The smallest absolute Gasteiger partial charge is 0.289 e. The van der Waals surface area contributed by atoms with E-state index in [9.17, 15) is 17.6 Å². The molecule has 0 saturated carbocycles. The summed E-state index contributed by atoms with van der Waals surface area (Å²) in [5.74, 6) is -0.487. The quantitative estimate of drug-likeness (QED) is 0.604. The van der Waals surface area contributed by atoms with Crippen LogP contribution >= 0.6 is 11.6 Å². The van der Waals surface area contributed by atoms with Crippen molar-refractivity contribution in [3.05, 3.63) is 29.8 Å². The molecule has 0 amide bonds. The minimum Gasteiger partial charge on any atom is -0.289 e. The van der Waals surface area contributed by atoms with E-state index in [0.717, 1.165) is 17.2 Å². The highest BCUT2D eigenvalue weighted by molar-refractivity contribution is 6.18. The zero-order valence-corrected chi connectivity index (χ0v) is 9.60. The lowest BCUT2D eigenvalue weighted by Gasteiger charge is -2.22. The van der Waals surface area contributed by atoms with Crippen LogP contribution < -0.4 is 0 Å². The Morgan fingerprint density at radius 2 is 2.00 bits per heavy atom. The maximum absolute atomic E-state index is 12.8. The van der Waals surface area contributed by atoms with Crippen LogP contribution in [-0.2, 0) is 6.54 Å². The molecular weight excluding hydrogens is 260 g/mol. The first-order valence-corrected chi connectivity index (χ1v) is 5.38. The van der Waals surface area contributed by atoms with E-state index in [1.54, 1.807) is 0 Å². The van der Waals surface area contributed by atoms with Gasteiger partial charge in [-0.15, -0.1) is 11.6 Å². The van der Waals surface area contributed by atoms with Crippen LogP contribution in [0.5, 0.6) is 0 Å². The van der Waals surface area contributed by atoms with Gasteiger partial charge in [-0.25, -0.2) is 4.39 Å². The predicted molar refractivity (Wildman–Crippen MR) is 56.2 cm³/mol. The van der Waals surface area contributed by atoms with E-state index in [0.29, 0.717) is 5.56 Å². The number of nitrogens with zero attached hydrogens (tertiary/aromatic N) is 2. The van der Waals surface area contributed by atoms with Gasteiger partial charge in [-0.3, -0.25) is 9.88 Å². The van der Waals surface area contributed by atoms with Gasteiger partial charge in [-0.05, 0) is 11.6 Å². The van der Waals surface area contributed by atoms with Crippen LogP contribution in [0.3, 0.4) is 0 Å². The van der Waals surface area contributed by atoms with Crippen molar-refractivity contribution >= 4 is 11.6 Å². The normalized spacial score (nSPS) is 12.1.